The molecule has 0 radical (unpaired) electrons. The first-order valence-electron chi connectivity index (χ1n) is 8.39. The van der Waals surface area contributed by atoms with E-state index in [1.54, 1.807) is 12.1 Å². The first kappa shape index (κ1) is 17.5. The highest BCUT2D eigenvalue weighted by molar-refractivity contribution is 5.98. The minimum Gasteiger partial charge on any atom is -0.489 e. The molecule has 0 aliphatic heterocycles. The first-order valence-corrected chi connectivity index (χ1v) is 8.39. The Morgan fingerprint density at radius 1 is 1.00 bits per heavy atom. The van der Waals surface area contributed by atoms with Crippen molar-refractivity contribution in [2.75, 3.05) is 5.73 Å². The summed E-state index contributed by atoms with van der Waals surface area (Å²) in [5.41, 5.74) is 9.07. The molecule has 0 bridgehead atoms. The van der Waals surface area contributed by atoms with Gasteiger partial charge in [-0.15, -0.1) is 0 Å². The standard InChI is InChI=1S/C21H21N3O2/c1-15-7-12-19(20(22)24-15)21(25)23-13-16-8-10-18(11-9-16)26-14-17-5-3-2-4-6-17/h2-12H,13-14H2,1H3,(H2,22,24)(H,23,25). The third-order valence-electron chi connectivity index (χ3n) is 3.93. The lowest BCUT2D eigenvalue weighted by Gasteiger charge is -2.09. The Kier molecular flexibility index (Phi) is 5.49. The number of hydrogen-bond acceptors (Lipinski definition) is 4. The van der Waals surface area contributed by atoms with Gasteiger partial charge in [0.15, 0.2) is 0 Å². The highest BCUT2D eigenvalue weighted by Crippen LogP contribution is 2.15. The zero-order chi connectivity index (χ0) is 18.4. The second kappa shape index (κ2) is 8.16. The van der Waals surface area contributed by atoms with Crippen LogP contribution in [0.15, 0.2) is 66.7 Å². The van der Waals surface area contributed by atoms with Crippen molar-refractivity contribution in [3.63, 3.8) is 0 Å². The van der Waals surface area contributed by atoms with Crippen LogP contribution in [0.25, 0.3) is 0 Å². The highest BCUT2D eigenvalue weighted by Gasteiger charge is 2.10. The fourth-order valence-corrected chi connectivity index (χ4v) is 2.49. The Hall–Kier alpha value is -3.34. The van der Waals surface area contributed by atoms with Crippen LogP contribution in [-0.4, -0.2) is 10.9 Å². The van der Waals surface area contributed by atoms with Gasteiger partial charge in [0.05, 0.1) is 5.56 Å². The average molecular weight is 347 g/mol. The monoisotopic (exact) mass is 347 g/mol. The van der Waals surface area contributed by atoms with Crippen LogP contribution in [0.2, 0.25) is 0 Å². The summed E-state index contributed by atoms with van der Waals surface area (Å²) in [6.45, 7) is 2.77. The molecule has 0 spiro atoms. The predicted molar refractivity (Wildman–Crippen MR) is 102 cm³/mol. The highest BCUT2D eigenvalue weighted by atomic mass is 16.5. The molecule has 1 heterocycles. The molecule has 0 aliphatic rings. The average Bonchev–Trinajstić information content (AvgIpc) is 2.66. The van der Waals surface area contributed by atoms with Gasteiger partial charge in [0.25, 0.3) is 5.91 Å². The Bertz CT molecular complexity index is 878. The van der Waals surface area contributed by atoms with Crippen molar-refractivity contribution in [3.8, 4) is 5.75 Å². The lowest BCUT2D eigenvalue weighted by Crippen LogP contribution is -2.24. The van der Waals surface area contributed by atoms with E-state index in [4.69, 9.17) is 10.5 Å². The summed E-state index contributed by atoms with van der Waals surface area (Å²) in [4.78, 5) is 16.3. The molecule has 1 amide bonds. The van der Waals surface area contributed by atoms with Gasteiger partial charge in [-0.25, -0.2) is 4.98 Å². The van der Waals surface area contributed by atoms with E-state index in [-0.39, 0.29) is 11.7 Å². The minimum atomic E-state index is -0.237. The van der Waals surface area contributed by atoms with Crippen LogP contribution in [0, 0.1) is 6.92 Å². The smallest absolute Gasteiger partial charge is 0.255 e. The molecule has 0 atom stereocenters. The van der Waals surface area contributed by atoms with Crippen LogP contribution in [0.5, 0.6) is 5.75 Å². The molecule has 0 saturated carbocycles. The normalized spacial score (nSPS) is 10.3. The number of aromatic nitrogens is 1. The van der Waals surface area contributed by atoms with Gasteiger partial charge in [-0.2, -0.15) is 0 Å². The SMILES string of the molecule is Cc1ccc(C(=O)NCc2ccc(OCc3ccccc3)cc2)c(N)n1. The Labute approximate surface area is 152 Å². The molecule has 3 N–H and O–H groups in total. The van der Waals surface area contributed by atoms with Gasteiger partial charge in [0, 0.05) is 12.2 Å². The molecule has 0 fully saturated rings. The largest absolute Gasteiger partial charge is 0.489 e. The van der Waals surface area contributed by atoms with Crippen molar-refractivity contribution in [1.82, 2.24) is 10.3 Å². The van der Waals surface area contributed by atoms with Crippen molar-refractivity contribution in [2.45, 2.75) is 20.1 Å². The molecule has 5 heteroatoms. The van der Waals surface area contributed by atoms with Crippen LogP contribution < -0.4 is 15.8 Å². The second-order valence-electron chi connectivity index (χ2n) is 5.99. The Balaban J connectivity index is 1.53. The molecule has 2 aromatic carbocycles. The third kappa shape index (κ3) is 4.60. The van der Waals surface area contributed by atoms with E-state index < -0.39 is 0 Å². The van der Waals surface area contributed by atoms with Crippen LogP contribution in [0.3, 0.4) is 0 Å². The number of nitrogen functional groups attached to an aromatic ring is 1. The molecule has 0 aliphatic carbocycles. The van der Waals surface area contributed by atoms with E-state index >= 15 is 0 Å². The maximum Gasteiger partial charge on any atom is 0.255 e. The van der Waals surface area contributed by atoms with E-state index in [2.05, 4.69) is 10.3 Å². The summed E-state index contributed by atoms with van der Waals surface area (Å²) < 4.78 is 5.76. The number of aryl methyl sites for hydroxylation is 1. The van der Waals surface area contributed by atoms with Crippen LogP contribution >= 0.6 is 0 Å². The van der Waals surface area contributed by atoms with Crippen molar-refractivity contribution in [1.29, 1.82) is 0 Å². The number of ether oxygens (including phenoxy) is 1. The van der Waals surface area contributed by atoms with Gasteiger partial charge >= 0.3 is 0 Å². The van der Waals surface area contributed by atoms with Gasteiger partial charge in [0.1, 0.15) is 18.2 Å². The van der Waals surface area contributed by atoms with Gasteiger partial charge in [0.2, 0.25) is 0 Å². The number of amides is 1. The zero-order valence-electron chi connectivity index (χ0n) is 14.6. The number of rotatable bonds is 6. The summed E-state index contributed by atoms with van der Waals surface area (Å²) in [7, 11) is 0. The number of carbonyl (C=O) groups is 1. The number of carbonyl (C=O) groups excluding carboxylic acids is 1. The van der Waals surface area contributed by atoms with Crippen molar-refractivity contribution in [3.05, 3.63) is 89.1 Å². The van der Waals surface area contributed by atoms with E-state index in [0.717, 1.165) is 22.6 Å². The fourth-order valence-electron chi connectivity index (χ4n) is 2.49. The second-order valence-corrected chi connectivity index (χ2v) is 5.99. The molecule has 3 rings (SSSR count). The summed E-state index contributed by atoms with van der Waals surface area (Å²) in [6.07, 6.45) is 0. The number of nitrogens with one attached hydrogen (secondary N) is 1. The summed E-state index contributed by atoms with van der Waals surface area (Å²) >= 11 is 0. The third-order valence-corrected chi connectivity index (χ3v) is 3.93. The maximum absolute atomic E-state index is 12.2. The molecule has 1 aromatic heterocycles. The van der Waals surface area contributed by atoms with Crippen molar-refractivity contribution >= 4 is 11.7 Å². The van der Waals surface area contributed by atoms with Crippen LogP contribution in [0.1, 0.15) is 27.2 Å². The van der Waals surface area contributed by atoms with E-state index in [9.17, 15) is 4.79 Å². The summed E-state index contributed by atoms with van der Waals surface area (Å²) in [5, 5.41) is 2.85. The quantitative estimate of drug-likeness (QED) is 0.716. The fraction of sp³-hybridized carbons (Fsp3) is 0.143. The molecular formula is C21H21N3O2. The lowest BCUT2D eigenvalue weighted by atomic mass is 10.2. The first-order chi connectivity index (χ1) is 12.6. The molecule has 0 unspecified atom stereocenters. The Morgan fingerprint density at radius 3 is 2.42 bits per heavy atom. The molecule has 0 saturated heterocycles. The molecule has 5 nitrogen and oxygen atoms in total. The van der Waals surface area contributed by atoms with Crippen LogP contribution in [0.4, 0.5) is 5.82 Å². The predicted octanol–water partition coefficient (Wildman–Crippen LogP) is 3.48. The number of nitrogens with two attached hydrogens (primary N) is 1. The molecule has 26 heavy (non-hydrogen) atoms. The Morgan fingerprint density at radius 2 is 1.73 bits per heavy atom. The van der Waals surface area contributed by atoms with Gasteiger partial charge in [-0.05, 0) is 42.3 Å². The summed E-state index contributed by atoms with van der Waals surface area (Å²) in [5.74, 6) is 0.794. The maximum atomic E-state index is 12.2. The van der Waals surface area contributed by atoms with Crippen molar-refractivity contribution < 1.29 is 9.53 Å². The topological polar surface area (TPSA) is 77.2 Å². The van der Waals surface area contributed by atoms with Gasteiger partial charge < -0.3 is 15.8 Å². The van der Waals surface area contributed by atoms with Crippen molar-refractivity contribution in [2.24, 2.45) is 0 Å². The molecular weight excluding hydrogens is 326 g/mol. The number of nitrogens with zero attached hydrogens (tertiary/aromatic N) is 1. The zero-order valence-corrected chi connectivity index (χ0v) is 14.6. The lowest BCUT2D eigenvalue weighted by molar-refractivity contribution is 0.0951. The number of pyridine rings is 1. The molecule has 3 aromatic rings. The summed E-state index contributed by atoms with van der Waals surface area (Å²) in [6, 6.07) is 21.1. The van der Waals surface area contributed by atoms with Crippen LogP contribution in [-0.2, 0) is 13.2 Å². The molecule has 132 valence electrons. The number of hydrogen-bond donors (Lipinski definition) is 2. The number of benzene rings is 2. The van der Waals surface area contributed by atoms with E-state index in [1.807, 2.05) is 61.5 Å². The van der Waals surface area contributed by atoms with Gasteiger partial charge in [-0.1, -0.05) is 42.5 Å². The van der Waals surface area contributed by atoms with E-state index in [0.29, 0.717) is 18.7 Å². The number of anilines is 1. The van der Waals surface area contributed by atoms with Gasteiger partial charge in [-0.3, -0.25) is 4.79 Å². The van der Waals surface area contributed by atoms with E-state index in [1.165, 1.54) is 0 Å². The minimum absolute atomic E-state index is 0.237.